The predicted octanol–water partition coefficient (Wildman–Crippen LogP) is 3.25. The lowest BCUT2D eigenvalue weighted by atomic mass is 9.93. The van der Waals surface area contributed by atoms with Gasteiger partial charge < -0.3 is 15.5 Å². The Labute approximate surface area is 174 Å². The van der Waals surface area contributed by atoms with Gasteiger partial charge in [0, 0.05) is 43.9 Å². The van der Waals surface area contributed by atoms with Crippen molar-refractivity contribution in [3.05, 3.63) is 16.1 Å². The number of likely N-dealkylation sites (tertiary alicyclic amines) is 1. The lowest BCUT2D eigenvalue weighted by Crippen LogP contribution is -2.43. The van der Waals surface area contributed by atoms with E-state index in [9.17, 15) is 0 Å². The molecule has 0 aliphatic carbocycles. The molecule has 0 amide bonds. The molecule has 1 aromatic rings. The van der Waals surface area contributed by atoms with Crippen LogP contribution in [0.3, 0.4) is 0 Å². The molecular weight excluding hydrogens is 445 g/mol. The molecule has 1 aliphatic heterocycles. The first kappa shape index (κ1) is 22.6. The minimum atomic E-state index is 0. The van der Waals surface area contributed by atoms with Gasteiger partial charge in [-0.05, 0) is 25.9 Å². The van der Waals surface area contributed by atoms with E-state index in [1.54, 1.807) is 11.3 Å². The minimum absolute atomic E-state index is 0. The molecule has 0 aromatic carbocycles. The van der Waals surface area contributed by atoms with Crippen molar-refractivity contribution >= 4 is 41.3 Å². The average molecular weight is 479 g/mol. The number of piperidine rings is 1. The lowest BCUT2D eigenvalue weighted by Gasteiger charge is -2.26. The zero-order valence-electron chi connectivity index (χ0n) is 16.1. The molecule has 2 rings (SSSR count). The highest BCUT2D eigenvalue weighted by Crippen LogP contribution is 2.23. The molecule has 25 heavy (non-hydrogen) atoms. The summed E-state index contributed by atoms with van der Waals surface area (Å²) < 4.78 is 0. The van der Waals surface area contributed by atoms with Crippen LogP contribution in [0.5, 0.6) is 0 Å². The van der Waals surface area contributed by atoms with E-state index in [1.165, 1.54) is 43.1 Å². The van der Waals surface area contributed by atoms with E-state index in [0.717, 1.165) is 32.0 Å². The number of hydrogen-bond donors (Lipinski definition) is 2. The van der Waals surface area contributed by atoms with E-state index < -0.39 is 0 Å². The van der Waals surface area contributed by atoms with Gasteiger partial charge >= 0.3 is 0 Å². The number of aromatic nitrogens is 1. The van der Waals surface area contributed by atoms with Gasteiger partial charge in [0.25, 0.3) is 0 Å². The third kappa shape index (κ3) is 8.21. The van der Waals surface area contributed by atoms with E-state index in [4.69, 9.17) is 4.98 Å². The molecule has 0 bridgehead atoms. The number of thiazole rings is 1. The third-order valence-corrected chi connectivity index (χ3v) is 5.25. The first-order valence-electron chi connectivity index (χ1n) is 9.11. The molecule has 0 radical (unpaired) electrons. The van der Waals surface area contributed by atoms with Crippen LogP contribution in [0.15, 0.2) is 10.4 Å². The Hall–Kier alpha value is -0.410. The van der Waals surface area contributed by atoms with Crippen molar-refractivity contribution in [2.75, 3.05) is 39.8 Å². The van der Waals surface area contributed by atoms with Crippen molar-refractivity contribution in [2.45, 2.75) is 51.9 Å². The zero-order chi connectivity index (χ0) is 17.4. The molecular formula is C18H34IN5S. The van der Waals surface area contributed by atoms with Crippen LogP contribution >= 0.6 is 35.3 Å². The van der Waals surface area contributed by atoms with Gasteiger partial charge in [-0.25, -0.2) is 4.98 Å². The summed E-state index contributed by atoms with van der Waals surface area (Å²) in [4.78, 5) is 11.6. The fraction of sp³-hybridized carbons (Fsp3) is 0.778. The number of aliphatic imine (C=N–C) groups is 1. The maximum Gasteiger partial charge on any atom is 0.191 e. The van der Waals surface area contributed by atoms with Crippen molar-refractivity contribution in [1.29, 1.82) is 0 Å². The van der Waals surface area contributed by atoms with E-state index >= 15 is 0 Å². The average Bonchev–Trinajstić information content (AvgIpc) is 3.03. The van der Waals surface area contributed by atoms with Crippen molar-refractivity contribution in [3.63, 3.8) is 0 Å². The van der Waals surface area contributed by atoms with Crippen LogP contribution in [0.2, 0.25) is 0 Å². The third-order valence-electron chi connectivity index (χ3n) is 4.34. The summed E-state index contributed by atoms with van der Waals surface area (Å²) in [6, 6.07) is 0. The largest absolute Gasteiger partial charge is 0.356 e. The fourth-order valence-corrected chi connectivity index (χ4v) is 3.82. The van der Waals surface area contributed by atoms with Crippen LogP contribution in [0.25, 0.3) is 0 Å². The maximum atomic E-state index is 4.74. The van der Waals surface area contributed by atoms with Gasteiger partial charge in [-0.3, -0.25) is 4.99 Å². The summed E-state index contributed by atoms with van der Waals surface area (Å²) in [5.41, 5.74) is 1.32. The molecule has 5 nitrogen and oxygen atoms in total. The first-order chi connectivity index (χ1) is 11.5. The monoisotopic (exact) mass is 479 g/mol. The number of nitrogens with zero attached hydrogens (tertiary/aromatic N) is 3. The molecule has 1 aromatic heterocycles. The second-order valence-electron chi connectivity index (χ2n) is 7.45. The van der Waals surface area contributed by atoms with Crippen molar-refractivity contribution in [1.82, 2.24) is 20.5 Å². The summed E-state index contributed by atoms with van der Waals surface area (Å²) in [6.45, 7) is 12.0. The second kappa shape index (κ2) is 11.3. The van der Waals surface area contributed by atoms with E-state index in [2.05, 4.69) is 46.7 Å². The summed E-state index contributed by atoms with van der Waals surface area (Å²) in [7, 11) is 1.83. The Balaban J connectivity index is 0.00000312. The van der Waals surface area contributed by atoms with Gasteiger partial charge in [0.05, 0.1) is 10.7 Å². The Morgan fingerprint density at radius 3 is 2.48 bits per heavy atom. The Kier molecular flexibility index (Phi) is 10.3. The van der Waals surface area contributed by atoms with E-state index in [0.29, 0.717) is 0 Å². The molecule has 0 atom stereocenters. The Morgan fingerprint density at radius 1 is 1.20 bits per heavy atom. The summed E-state index contributed by atoms with van der Waals surface area (Å²) in [5, 5.41) is 10.2. The highest BCUT2D eigenvalue weighted by molar-refractivity contribution is 14.0. The van der Waals surface area contributed by atoms with Gasteiger partial charge in [-0.1, -0.05) is 27.2 Å². The van der Waals surface area contributed by atoms with Crippen molar-refractivity contribution in [3.8, 4) is 0 Å². The fourth-order valence-electron chi connectivity index (χ4n) is 2.79. The lowest BCUT2D eigenvalue weighted by molar-refractivity contribution is 0.232. The van der Waals surface area contributed by atoms with Crippen molar-refractivity contribution < 1.29 is 0 Å². The smallest absolute Gasteiger partial charge is 0.191 e. The van der Waals surface area contributed by atoms with E-state index in [1.807, 2.05) is 7.05 Å². The normalized spacial score (nSPS) is 16.4. The summed E-state index contributed by atoms with van der Waals surface area (Å²) in [6.07, 6.45) is 5.02. The second-order valence-corrected chi connectivity index (χ2v) is 8.40. The van der Waals surface area contributed by atoms with Crippen LogP contribution in [0, 0.1) is 0 Å². The van der Waals surface area contributed by atoms with Crippen LogP contribution in [-0.2, 0) is 11.8 Å². The number of hydrogen-bond acceptors (Lipinski definition) is 4. The van der Waals surface area contributed by atoms with Crippen LogP contribution in [0.4, 0.5) is 0 Å². The number of halogens is 1. The highest BCUT2D eigenvalue weighted by Gasteiger charge is 2.17. The molecule has 2 heterocycles. The highest BCUT2D eigenvalue weighted by atomic mass is 127. The van der Waals surface area contributed by atoms with Gasteiger partial charge in [-0.15, -0.1) is 35.3 Å². The van der Waals surface area contributed by atoms with Gasteiger partial charge in [0.2, 0.25) is 0 Å². The number of guanidine groups is 1. The zero-order valence-corrected chi connectivity index (χ0v) is 19.2. The first-order valence-corrected chi connectivity index (χ1v) is 9.99. The molecule has 2 N–H and O–H groups in total. The summed E-state index contributed by atoms with van der Waals surface area (Å²) in [5.74, 6) is 0.889. The molecule has 0 spiro atoms. The molecule has 144 valence electrons. The standard InChI is InChI=1S/C18H33N5S.HI/c1-18(2,3)15-14-24-16(22-15)8-9-20-17(19-4)21-10-13-23-11-6-5-7-12-23;/h14H,5-13H2,1-4H3,(H2,19,20,21);1H. The Morgan fingerprint density at radius 2 is 1.88 bits per heavy atom. The van der Waals surface area contributed by atoms with Crippen LogP contribution in [-0.4, -0.2) is 55.6 Å². The van der Waals surface area contributed by atoms with Crippen LogP contribution in [0.1, 0.15) is 50.7 Å². The van der Waals surface area contributed by atoms with Crippen molar-refractivity contribution in [2.24, 2.45) is 4.99 Å². The molecule has 1 aliphatic rings. The molecule has 0 unspecified atom stereocenters. The Bertz CT molecular complexity index is 518. The molecule has 1 saturated heterocycles. The van der Waals surface area contributed by atoms with Crippen LogP contribution < -0.4 is 10.6 Å². The van der Waals surface area contributed by atoms with E-state index in [-0.39, 0.29) is 29.4 Å². The molecule has 1 fully saturated rings. The van der Waals surface area contributed by atoms with Gasteiger partial charge in [0.15, 0.2) is 5.96 Å². The van der Waals surface area contributed by atoms with Gasteiger partial charge in [0.1, 0.15) is 0 Å². The van der Waals surface area contributed by atoms with Gasteiger partial charge in [-0.2, -0.15) is 0 Å². The molecule has 7 heteroatoms. The minimum Gasteiger partial charge on any atom is -0.356 e. The maximum absolute atomic E-state index is 4.74. The SMILES string of the molecule is CN=C(NCCc1nc(C(C)(C)C)cs1)NCCN1CCCCC1.I. The topological polar surface area (TPSA) is 52.6 Å². The number of rotatable bonds is 6. The molecule has 0 saturated carbocycles. The summed E-state index contributed by atoms with van der Waals surface area (Å²) >= 11 is 1.75. The quantitative estimate of drug-likeness (QED) is 0.374. The number of nitrogens with one attached hydrogen (secondary N) is 2. The predicted molar refractivity (Wildman–Crippen MR) is 120 cm³/mol.